The lowest BCUT2D eigenvalue weighted by Gasteiger charge is -2.32. The Morgan fingerprint density at radius 3 is 2.13 bits per heavy atom. The molecule has 30 heavy (non-hydrogen) atoms. The van der Waals surface area contributed by atoms with Crippen LogP contribution in [0.4, 0.5) is 5.69 Å². The topological polar surface area (TPSA) is 79.7 Å². The number of fused-ring (bicyclic) bond motifs is 1. The summed E-state index contributed by atoms with van der Waals surface area (Å²) in [6.07, 6.45) is 3.73. The second kappa shape index (κ2) is 9.32. The van der Waals surface area contributed by atoms with E-state index in [2.05, 4.69) is 21.7 Å². The number of nitrogens with zero attached hydrogens (tertiary/aromatic N) is 5. The van der Waals surface area contributed by atoms with Gasteiger partial charge in [0.05, 0.1) is 10.9 Å². The van der Waals surface area contributed by atoms with Crippen LogP contribution in [0, 0.1) is 0 Å². The van der Waals surface area contributed by atoms with Gasteiger partial charge in [-0.1, -0.05) is 6.42 Å². The molecule has 0 aliphatic carbocycles. The summed E-state index contributed by atoms with van der Waals surface area (Å²) in [4.78, 5) is 33.5. The molecule has 1 aromatic carbocycles. The Hall–Kier alpha value is -2.16. The molecule has 1 aromatic heterocycles. The first-order valence-corrected chi connectivity index (χ1v) is 11.2. The van der Waals surface area contributed by atoms with Crippen molar-refractivity contribution in [3.05, 3.63) is 39.0 Å². The van der Waals surface area contributed by atoms with Crippen molar-refractivity contribution in [3.8, 4) is 0 Å². The van der Waals surface area contributed by atoms with Crippen LogP contribution in [0.3, 0.4) is 0 Å². The summed E-state index contributed by atoms with van der Waals surface area (Å²) in [5.41, 5.74) is 6.77. The van der Waals surface area contributed by atoms with Crippen LogP contribution in [0.5, 0.6) is 0 Å². The lowest BCUT2D eigenvalue weighted by molar-refractivity contribution is 0.149. The number of piperazine rings is 1. The lowest BCUT2D eigenvalue weighted by Crippen LogP contribution is -2.48. The molecule has 2 saturated heterocycles. The van der Waals surface area contributed by atoms with Crippen molar-refractivity contribution in [2.75, 3.05) is 65.1 Å². The predicted molar refractivity (Wildman–Crippen MR) is 121 cm³/mol. The van der Waals surface area contributed by atoms with E-state index in [-0.39, 0.29) is 11.2 Å². The molecular formula is C22H34N6O2. The molecule has 0 spiro atoms. The van der Waals surface area contributed by atoms with Gasteiger partial charge in [0.1, 0.15) is 0 Å². The highest BCUT2D eigenvalue weighted by molar-refractivity contribution is 5.81. The quantitative estimate of drug-likeness (QED) is 0.693. The molecular weight excluding hydrogens is 380 g/mol. The Labute approximate surface area is 177 Å². The fourth-order valence-corrected chi connectivity index (χ4v) is 4.59. The molecule has 0 unspecified atom stereocenters. The predicted octanol–water partition coefficient (Wildman–Crippen LogP) is 0.479. The summed E-state index contributed by atoms with van der Waals surface area (Å²) >= 11 is 0. The van der Waals surface area contributed by atoms with Crippen molar-refractivity contribution >= 4 is 16.6 Å². The van der Waals surface area contributed by atoms with Gasteiger partial charge >= 0.3 is 5.69 Å². The molecule has 4 rings (SSSR count). The minimum Gasteiger partial charge on any atom is -0.399 e. The van der Waals surface area contributed by atoms with E-state index in [1.54, 1.807) is 16.7 Å². The number of piperidine rings is 1. The zero-order valence-electron chi connectivity index (χ0n) is 18.1. The van der Waals surface area contributed by atoms with Crippen LogP contribution in [0.2, 0.25) is 0 Å². The number of benzene rings is 1. The molecule has 0 saturated carbocycles. The summed E-state index contributed by atoms with van der Waals surface area (Å²) in [6.45, 7) is 8.69. The fourth-order valence-electron chi connectivity index (χ4n) is 4.59. The molecule has 0 radical (unpaired) electrons. The van der Waals surface area contributed by atoms with Gasteiger partial charge in [0, 0.05) is 58.0 Å². The maximum atomic E-state index is 13.3. The Kier molecular flexibility index (Phi) is 6.55. The molecule has 2 N–H and O–H groups in total. The second-order valence-corrected chi connectivity index (χ2v) is 8.71. The van der Waals surface area contributed by atoms with Crippen molar-refractivity contribution in [1.82, 2.24) is 23.8 Å². The molecule has 2 aliphatic rings. The van der Waals surface area contributed by atoms with Crippen LogP contribution in [-0.4, -0.2) is 83.2 Å². The molecule has 0 bridgehead atoms. The van der Waals surface area contributed by atoms with E-state index in [0.717, 1.165) is 45.8 Å². The summed E-state index contributed by atoms with van der Waals surface area (Å²) in [6, 6.07) is 5.29. The van der Waals surface area contributed by atoms with Gasteiger partial charge in [-0.05, 0) is 51.2 Å². The number of aromatic nitrogens is 2. The Bertz CT molecular complexity index is 984. The van der Waals surface area contributed by atoms with Crippen molar-refractivity contribution in [3.63, 3.8) is 0 Å². The van der Waals surface area contributed by atoms with Gasteiger partial charge in [0.15, 0.2) is 0 Å². The van der Waals surface area contributed by atoms with E-state index < -0.39 is 0 Å². The van der Waals surface area contributed by atoms with Crippen LogP contribution < -0.4 is 17.0 Å². The Morgan fingerprint density at radius 1 is 0.800 bits per heavy atom. The third kappa shape index (κ3) is 4.61. The third-order valence-electron chi connectivity index (χ3n) is 6.57. The number of likely N-dealkylation sites (N-methyl/N-ethyl adjacent to an activating group) is 1. The normalized spacial score (nSPS) is 19.5. The van der Waals surface area contributed by atoms with Crippen LogP contribution in [0.1, 0.15) is 19.3 Å². The molecule has 0 amide bonds. The molecule has 8 heteroatoms. The van der Waals surface area contributed by atoms with Gasteiger partial charge in [-0.25, -0.2) is 4.79 Å². The number of rotatable bonds is 6. The van der Waals surface area contributed by atoms with E-state index in [0.29, 0.717) is 36.2 Å². The summed E-state index contributed by atoms with van der Waals surface area (Å²) < 4.78 is 3.19. The number of likely N-dealkylation sites (tertiary alicyclic amines) is 1. The summed E-state index contributed by atoms with van der Waals surface area (Å²) in [5, 5.41) is 0.534. The van der Waals surface area contributed by atoms with Gasteiger partial charge in [-0.3, -0.25) is 18.8 Å². The SMILES string of the molecule is CN1CCN(CCn2c(=O)c3cc(N)ccc3n(CCN3CCCCC3)c2=O)CC1. The first kappa shape index (κ1) is 21.1. The minimum absolute atomic E-state index is 0.205. The first-order chi connectivity index (χ1) is 14.5. The van der Waals surface area contributed by atoms with Crippen molar-refractivity contribution in [1.29, 1.82) is 0 Å². The van der Waals surface area contributed by atoms with Gasteiger partial charge in [0.2, 0.25) is 0 Å². The van der Waals surface area contributed by atoms with Gasteiger partial charge in [-0.15, -0.1) is 0 Å². The van der Waals surface area contributed by atoms with E-state index in [1.807, 2.05) is 6.07 Å². The Balaban J connectivity index is 1.61. The molecule has 2 aromatic rings. The van der Waals surface area contributed by atoms with Gasteiger partial charge in [0.25, 0.3) is 5.56 Å². The highest BCUT2D eigenvalue weighted by atomic mass is 16.2. The smallest absolute Gasteiger partial charge is 0.331 e. The molecule has 164 valence electrons. The fraction of sp³-hybridized carbons (Fsp3) is 0.636. The van der Waals surface area contributed by atoms with Gasteiger partial charge in [-0.2, -0.15) is 0 Å². The monoisotopic (exact) mass is 414 g/mol. The number of hydrogen-bond donors (Lipinski definition) is 1. The number of anilines is 1. The van der Waals surface area contributed by atoms with Gasteiger partial charge < -0.3 is 15.5 Å². The molecule has 0 atom stereocenters. The Morgan fingerprint density at radius 2 is 1.43 bits per heavy atom. The molecule has 2 fully saturated rings. The average molecular weight is 415 g/mol. The first-order valence-electron chi connectivity index (χ1n) is 11.2. The van der Waals surface area contributed by atoms with Crippen LogP contribution in [0.25, 0.3) is 10.9 Å². The average Bonchev–Trinajstić information content (AvgIpc) is 2.76. The van der Waals surface area contributed by atoms with Crippen LogP contribution >= 0.6 is 0 Å². The molecule has 3 heterocycles. The summed E-state index contributed by atoms with van der Waals surface area (Å²) in [7, 11) is 2.12. The molecule has 8 nitrogen and oxygen atoms in total. The largest absolute Gasteiger partial charge is 0.399 e. The maximum Gasteiger partial charge on any atom is 0.331 e. The molecule has 2 aliphatic heterocycles. The zero-order chi connectivity index (χ0) is 21.1. The number of nitrogen functional groups attached to an aromatic ring is 1. The van der Waals surface area contributed by atoms with E-state index in [1.165, 1.54) is 23.8 Å². The van der Waals surface area contributed by atoms with Crippen molar-refractivity contribution in [2.24, 2.45) is 0 Å². The van der Waals surface area contributed by atoms with E-state index in [4.69, 9.17) is 5.73 Å². The van der Waals surface area contributed by atoms with Crippen LogP contribution in [-0.2, 0) is 13.1 Å². The van der Waals surface area contributed by atoms with Crippen molar-refractivity contribution < 1.29 is 0 Å². The zero-order valence-corrected chi connectivity index (χ0v) is 18.1. The van der Waals surface area contributed by atoms with Crippen LogP contribution in [0.15, 0.2) is 27.8 Å². The maximum absolute atomic E-state index is 13.3. The standard InChI is InChI=1S/C22H34N6O2/c1-24-9-11-26(12-10-24)14-16-28-21(29)19-17-18(23)5-6-20(19)27(22(28)30)15-13-25-7-3-2-4-8-25/h5-6,17H,2-4,7-16,23H2,1H3. The van der Waals surface area contributed by atoms with Crippen molar-refractivity contribution in [2.45, 2.75) is 32.4 Å². The van der Waals surface area contributed by atoms with E-state index in [9.17, 15) is 9.59 Å². The highest BCUT2D eigenvalue weighted by Gasteiger charge is 2.18. The second-order valence-electron chi connectivity index (χ2n) is 8.71. The minimum atomic E-state index is -0.231. The highest BCUT2D eigenvalue weighted by Crippen LogP contribution is 2.14. The van der Waals surface area contributed by atoms with E-state index >= 15 is 0 Å². The lowest BCUT2D eigenvalue weighted by atomic mass is 10.1. The number of hydrogen-bond acceptors (Lipinski definition) is 6. The summed E-state index contributed by atoms with van der Waals surface area (Å²) in [5.74, 6) is 0. The third-order valence-corrected chi connectivity index (χ3v) is 6.57. The number of nitrogens with two attached hydrogens (primary N) is 1.